The molecule has 0 aromatic heterocycles. The van der Waals surface area contributed by atoms with Crippen LogP contribution in [0.2, 0.25) is 0 Å². The zero-order valence-electron chi connectivity index (χ0n) is 44.1. The van der Waals surface area contributed by atoms with E-state index in [-0.39, 0.29) is 43.9 Å². The number of nitrogens with two attached hydrogens (primary N) is 1. The first-order valence-corrected chi connectivity index (χ1v) is 25.2. The van der Waals surface area contributed by atoms with Crippen molar-refractivity contribution in [2.75, 3.05) is 6.54 Å². The first-order chi connectivity index (χ1) is 35.1. The molecular weight excluding hydrogens is 975 g/mol. The van der Waals surface area contributed by atoms with Gasteiger partial charge >= 0.3 is 11.9 Å². The molecule has 1 aliphatic heterocycles. The molecule has 8 amide bonds. The smallest absolute Gasteiger partial charge is 0.326 e. The molecule has 2 aromatic carbocycles. The summed E-state index contributed by atoms with van der Waals surface area (Å²) in [5.74, 6) is -11.8. The molecule has 10 unspecified atom stereocenters. The topological polar surface area (TPSA) is 365 Å². The van der Waals surface area contributed by atoms with Crippen LogP contribution < -0.4 is 43.0 Å². The maximum atomic E-state index is 14.2. The Morgan fingerprint density at radius 1 is 0.573 bits per heavy atom. The Kier molecular flexibility index (Phi) is 24.1. The largest absolute Gasteiger partial charge is 0.508 e. The summed E-state index contributed by atoms with van der Waals surface area (Å²) in [6.07, 6.45) is -1.87. The average molecular weight is 1050 g/mol. The van der Waals surface area contributed by atoms with Gasteiger partial charge in [0.25, 0.3) is 0 Å². The summed E-state index contributed by atoms with van der Waals surface area (Å²) >= 11 is 0. The minimum absolute atomic E-state index is 0.0790. The molecule has 0 saturated carbocycles. The molecule has 75 heavy (non-hydrogen) atoms. The lowest BCUT2D eigenvalue weighted by Gasteiger charge is -2.32. The molecule has 1 heterocycles. The number of phenolic OH excluding ortho intramolecular Hbond substituents is 1. The molecule has 2 aromatic rings. The van der Waals surface area contributed by atoms with Crippen molar-refractivity contribution < 1.29 is 68.4 Å². The van der Waals surface area contributed by atoms with Crippen LogP contribution in [0.1, 0.15) is 99.1 Å². The molecule has 23 nitrogen and oxygen atoms in total. The van der Waals surface area contributed by atoms with Crippen LogP contribution in [0.15, 0.2) is 54.6 Å². The van der Waals surface area contributed by atoms with E-state index in [1.165, 1.54) is 49.9 Å². The summed E-state index contributed by atoms with van der Waals surface area (Å²) in [6.45, 7) is 14.4. The van der Waals surface area contributed by atoms with Crippen LogP contribution in [0.5, 0.6) is 5.75 Å². The number of likely N-dealkylation sites (tertiary alicyclic amines) is 1. The van der Waals surface area contributed by atoms with Gasteiger partial charge in [-0.2, -0.15) is 0 Å². The lowest BCUT2D eigenvalue weighted by Crippen LogP contribution is -2.63. The van der Waals surface area contributed by atoms with Gasteiger partial charge in [-0.05, 0) is 79.5 Å². The number of hydrogen-bond acceptors (Lipinski definition) is 13. The standard InChI is InChI=1S/C52H77N9O14/c1-26(2)22-35(54-44(66)34(53)23-31-14-11-10-12-15-31)45(67)55-36(24-32-17-19-33(63)20-18-32)46(68)60-43(30(9)62)50(72)57-40(27(3)4)49(71)56-37(25-39(64)65)47(69)58-41(28(5)6)51(73)61-21-13-16-38(61)48(70)59-42(29(7)8)52(74)75/h10-12,14-15,17-20,26-30,34-38,40-43,62-63H,13,16,21-25,53H2,1-9H3,(H,54,66)(H,55,67)(H,56,71)(H,57,72)(H,58,69)(H,59,70)(H,60,68)(H,64,65)(H,74,75). The fourth-order valence-corrected chi connectivity index (χ4v) is 8.39. The number of aliphatic carboxylic acids is 2. The quantitative estimate of drug-likeness (QED) is 0.0527. The van der Waals surface area contributed by atoms with Crippen LogP contribution in [0.4, 0.5) is 0 Å². The van der Waals surface area contributed by atoms with Crippen LogP contribution in [0.25, 0.3) is 0 Å². The lowest BCUT2D eigenvalue weighted by molar-refractivity contribution is -0.146. The molecule has 0 bridgehead atoms. The molecular formula is C52H77N9O14. The van der Waals surface area contributed by atoms with E-state index in [4.69, 9.17) is 5.73 Å². The average Bonchev–Trinajstić information content (AvgIpc) is 3.83. The first-order valence-electron chi connectivity index (χ1n) is 25.2. The van der Waals surface area contributed by atoms with Crippen molar-refractivity contribution in [3.8, 4) is 5.75 Å². The number of aromatic hydroxyl groups is 1. The van der Waals surface area contributed by atoms with E-state index in [0.717, 1.165) is 5.56 Å². The molecule has 0 radical (unpaired) electrons. The number of nitrogens with one attached hydrogen (secondary N) is 7. The maximum Gasteiger partial charge on any atom is 0.326 e. The van der Waals surface area contributed by atoms with Gasteiger partial charge in [-0.25, -0.2) is 4.79 Å². The highest BCUT2D eigenvalue weighted by molar-refractivity contribution is 5.99. The van der Waals surface area contributed by atoms with Gasteiger partial charge in [0.2, 0.25) is 47.3 Å². The number of nitrogens with zero attached hydrogens (tertiary/aromatic N) is 1. The van der Waals surface area contributed by atoms with Crippen molar-refractivity contribution in [3.05, 3.63) is 65.7 Å². The normalized spacial score (nSPS) is 17.1. The zero-order chi connectivity index (χ0) is 56.4. The number of hydrogen-bond donors (Lipinski definition) is 12. The Labute approximate surface area is 437 Å². The molecule has 0 spiro atoms. The molecule has 1 saturated heterocycles. The Morgan fingerprint density at radius 2 is 1.07 bits per heavy atom. The number of amides is 8. The first kappa shape index (κ1) is 62.2. The Morgan fingerprint density at radius 3 is 1.60 bits per heavy atom. The number of benzene rings is 2. The van der Waals surface area contributed by atoms with E-state index in [0.29, 0.717) is 12.0 Å². The van der Waals surface area contributed by atoms with E-state index in [1.807, 2.05) is 19.9 Å². The van der Waals surface area contributed by atoms with Gasteiger partial charge in [0.05, 0.1) is 18.6 Å². The predicted octanol–water partition coefficient (Wildman–Crippen LogP) is -0.156. The van der Waals surface area contributed by atoms with Crippen molar-refractivity contribution in [1.82, 2.24) is 42.1 Å². The van der Waals surface area contributed by atoms with Crippen LogP contribution in [-0.4, -0.2) is 152 Å². The van der Waals surface area contributed by atoms with E-state index < -0.39 is 144 Å². The summed E-state index contributed by atoms with van der Waals surface area (Å²) in [6, 6.07) is 2.36. The van der Waals surface area contributed by atoms with E-state index in [2.05, 4.69) is 37.2 Å². The predicted molar refractivity (Wildman–Crippen MR) is 274 cm³/mol. The summed E-state index contributed by atoms with van der Waals surface area (Å²) in [5.41, 5.74) is 7.48. The van der Waals surface area contributed by atoms with Crippen molar-refractivity contribution in [2.45, 2.75) is 161 Å². The van der Waals surface area contributed by atoms with Crippen LogP contribution in [-0.2, 0) is 60.8 Å². The van der Waals surface area contributed by atoms with Crippen LogP contribution in [0, 0.1) is 23.7 Å². The Balaban J connectivity index is 1.83. The minimum Gasteiger partial charge on any atom is -0.508 e. The Hall–Kier alpha value is -7.14. The third-order valence-corrected chi connectivity index (χ3v) is 12.6. The van der Waals surface area contributed by atoms with E-state index in [1.54, 1.807) is 52.0 Å². The molecule has 13 N–H and O–H groups in total. The molecule has 3 rings (SSSR count). The van der Waals surface area contributed by atoms with Gasteiger partial charge in [-0.3, -0.25) is 43.2 Å². The third kappa shape index (κ3) is 19.3. The molecule has 1 fully saturated rings. The fourth-order valence-electron chi connectivity index (χ4n) is 8.39. The molecule has 0 aliphatic carbocycles. The van der Waals surface area contributed by atoms with Crippen molar-refractivity contribution in [1.29, 1.82) is 0 Å². The lowest BCUT2D eigenvalue weighted by atomic mass is 9.99. The number of carbonyl (C=O) groups excluding carboxylic acids is 8. The molecule has 414 valence electrons. The van der Waals surface area contributed by atoms with Crippen molar-refractivity contribution in [3.63, 3.8) is 0 Å². The van der Waals surface area contributed by atoms with Gasteiger partial charge in [-0.15, -0.1) is 0 Å². The van der Waals surface area contributed by atoms with E-state index >= 15 is 0 Å². The Bertz CT molecular complexity index is 2310. The second-order valence-corrected chi connectivity index (χ2v) is 20.5. The fraction of sp³-hybridized carbons (Fsp3) is 0.577. The van der Waals surface area contributed by atoms with Gasteiger partial charge in [-0.1, -0.05) is 97.9 Å². The number of carboxylic acid groups (broad SMARTS) is 2. The SMILES string of the molecule is CC(C)CC(NC(=O)C(N)Cc1ccccc1)C(=O)NC(Cc1ccc(O)cc1)C(=O)NC(C(=O)NC(C(=O)NC(CC(=O)O)C(=O)NC(C(=O)N1CCCC1C(=O)NC(C(=O)O)C(C)C)C(C)C)C(C)C)C(C)O. The van der Waals surface area contributed by atoms with Crippen molar-refractivity contribution in [2.24, 2.45) is 29.4 Å². The van der Waals surface area contributed by atoms with E-state index in [9.17, 15) is 68.4 Å². The van der Waals surface area contributed by atoms with Gasteiger partial charge in [0, 0.05) is 13.0 Å². The highest BCUT2D eigenvalue weighted by Crippen LogP contribution is 2.22. The summed E-state index contributed by atoms with van der Waals surface area (Å²) in [4.78, 5) is 136. The molecule has 23 heteroatoms. The number of rotatable bonds is 28. The molecule has 10 atom stereocenters. The second kappa shape index (κ2) is 29.1. The number of aliphatic hydroxyl groups is 1. The number of carbonyl (C=O) groups is 10. The summed E-state index contributed by atoms with van der Waals surface area (Å²) in [7, 11) is 0. The zero-order valence-corrected chi connectivity index (χ0v) is 44.1. The van der Waals surface area contributed by atoms with Crippen LogP contribution in [0.3, 0.4) is 0 Å². The summed E-state index contributed by atoms with van der Waals surface area (Å²) < 4.78 is 0. The minimum atomic E-state index is -1.82. The number of aliphatic hydroxyl groups excluding tert-OH is 1. The summed E-state index contributed by atoms with van der Waals surface area (Å²) in [5, 5.41) is 57.9. The van der Waals surface area contributed by atoms with Gasteiger partial charge < -0.3 is 68.3 Å². The highest BCUT2D eigenvalue weighted by Gasteiger charge is 2.42. The highest BCUT2D eigenvalue weighted by atomic mass is 16.4. The second-order valence-electron chi connectivity index (χ2n) is 20.5. The van der Waals surface area contributed by atoms with Gasteiger partial charge in [0.15, 0.2) is 0 Å². The van der Waals surface area contributed by atoms with Crippen molar-refractivity contribution >= 4 is 59.2 Å². The number of carboxylic acids is 2. The maximum absolute atomic E-state index is 14.2. The number of phenols is 1. The third-order valence-electron chi connectivity index (χ3n) is 12.6. The van der Waals surface area contributed by atoms with Crippen LogP contribution >= 0.6 is 0 Å². The van der Waals surface area contributed by atoms with Gasteiger partial charge in [0.1, 0.15) is 54.1 Å². The molecule has 1 aliphatic rings. The monoisotopic (exact) mass is 1050 g/mol.